The summed E-state index contributed by atoms with van der Waals surface area (Å²) in [7, 11) is 0. The van der Waals surface area contributed by atoms with Crippen LogP contribution < -0.4 is 10.9 Å². The van der Waals surface area contributed by atoms with Gasteiger partial charge in [-0.15, -0.1) is 0 Å². The van der Waals surface area contributed by atoms with Crippen LogP contribution in [0, 0.1) is 5.92 Å². The number of ether oxygens (including phenoxy) is 1. The molecule has 5 aromatic rings. The average Bonchev–Trinajstić information content (AvgIpc) is 3.00. The van der Waals surface area contributed by atoms with Crippen LogP contribution in [0.4, 0.5) is 5.69 Å². The highest BCUT2D eigenvalue weighted by molar-refractivity contribution is 6.08. The molecule has 208 valence electrons. The van der Waals surface area contributed by atoms with E-state index in [4.69, 9.17) is 9.15 Å². The van der Waals surface area contributed by atoms with Gasteiger partial charge in [-0.1, -0.05) is 88.2 Å². The Morgan fingerprint density at radius 1 is 0.951 bits per heavy atom. The molecule has 1 aromatic heterocycles. The maximum Gasteiger partial charge on any atom is 0.347 e. The van der Waals surface area contributed by atoms with Gasteiger partial charge in [0.15, 0.2) is 0 Å². The second-order valence-electron chi connectivity index (χ2n) is 10.3. The number of carbonyl (C=O) groups excluding carboxylic acids is 1. The lowest BCUT2D eigenvalue weighted by molar-refractivity contribution is 0.102. The summed E-state index contributed by atoms with van der Waals surface area (Å²) in [6, 6.07) is 25.8. The fourth-order valence-electron chi connectivity index (χ4n) is 4.86. The first-order valence-electron chi connectivity index (χ1n) is 14.1. The van der Waals surface area contributed by atoms with Gasteiger partial charge in [0.05, 0.1) is 28.8 Å². The smallest absolute Gasteiger partial charge is 0.347 e. The number of rotatable bonds is 11. The average molecular weight is 547 g/mol. The molecule has 6 heteroatoms. The van der Waals surface area contributed by atoms with Crippen molar-refractivity contribution in [2.45, 2.75) is 39.5 Å². The minimum atomic E-state index is -0.510. The Morgan fingerprint density at radius 3 is 2.51 bits per heavy atom. The van der Waals surface area contributed by atoms with E-state index in [9.17, 15) is 9.59 Å². The molecule has 0 aliphatic rings. The first kappa shape index (κ1) is 27.8. The van der Waals surface area contributed by atoms with Crippen LogP contribution in [0.3, 0.4) is 0 Å². The fourth-order valence-corrected chi connectivity index (χ4v) is 4.86. The second-order valence-corrected chi connectivity index (χ2v) is 10.3. The Balaban J connectivity index is 1.41. The minimum Gasteiger partial charge on any atom is -0.493 e. The second kappa shape index (κ2) is 12.6. The number of aromatic nitrogens is 1. The molecule has 41 heavy (non-hydrogen) atoms. The Labute approximate surface area is 239 Å². The zero-order valence-electron chi connectivity index (χ0n) is 23.5. The lowest BCUT2D eigenvalue weighted by atomic mass is 10.0. The lowest BCUT2D eigenvalue weighted by Gasteiger charge is -2.17. The zero-order valence-corrected chi connectivity index (χ0v) is 23.5. The molecule has 1 amide bonds. The maximum absolute atomic E-state index is 13.2. The molecular formula is C35H34N2O4. The number of para-hydroxylation sites is 1. The predicted octanol–water partition coefficient (Wildman–Crippen LogP) is 8.46. The molecule has 4 aromatic carbocycles. The highest BCUT2D eigenvalue weighted by Crippen LogP contribution is 2.29. The van der Waals surface area contributed by atoms with Crippen LogP contribution in [0.15, 0.2) is 101 Å². The van der Waals surface area contributed by atoms with Gasteiger partial charge in [0, 0.05) is 11.1 Å². The van der Waals surface area contributed by atoms with Crippen molar-refractivity contribution < 1.29 is 13.9 Å². The fraction of sp³-hybridized carbons (Fsp3) is 0.229. The molecule has 1 atom stereocenters. The van der Waals surface area contributed by atoms with Crippen LogP contribution in [0.2, 0.25) is 0 Å². The molecule has 5 rings (SSSR count). The quantitative estimate of drug-likeness (QED) is 0.168. The maximum atomic E-state index is 13.2. The third kappa shape index (κ3) is 6.38. The van der Waals surface area contributed by atoms with E-state index in [1.807, 2.05) is 48.5 Å². The SMILES string of the molecule is C=C(OCC(CC)CCCC)c1ccc2c(=O)oc(-c3ccccc3NC(=O)c3ccc4ccccc4c3)nc2c1. The summed E-state index contributed by atoms with van der Waals surface area (Å²) in [4.78, 5) is 30.8. The van der Waals surface area contributed by atoms with Gasteiger partial charge in [-0.2, -0.15) is 0 Å². The first-order valence-corrected chi connectivity index (χ1v) is 14.1. The minimum absolute atomic E-state index is 0.117. The van der Waals surface area contributed by atoms with Crippen LogP contribution in [-0.2, 0) is 4.74 Å². The van der Waals surface area contributed by atoms with E-state index in [1.165, 1.54) is 6.42 Å². The molecule has 1 unspecified atom stereocenters. The van der Waals surface area contributed by atoms with Crippen molar-refractivity contribution >= 4 is 39.0 Å². The number of anilines is 1. The molecule has 1 heterocycles. The van der Waals surface area contributed by atoms with E-state index >= 15 is 0 Å². The highest BCUT2D eigenvalue weighted by Gasteiger charge is 2.16. The lowest BCUT2D eigenvalue weighted by Crippen LogP contribution is -2.13. The largest absolute Gasteiger partial charge is 0.493 e. The number of hydrogen-bond donors (Lipinski definition) is 1. The molecule has 0 spiro atoms. The Morgan fingerprint density at radius 2 is 1.71 bits per heavy atom. The van der Waals surface area contributed by atoms with Gasteiger partial charge in [0.2, 0.25) is 5.89 Å². The van der Waals surface area contributed by atoms with E-state index in [2.05, 4.69) is 30.7 Å². The van der Waals surface area contributed by atoms with Gasteiger partial charge < -0.3 is 14.5 Å². The molecule has 0 aliphatic carbocycles. The molecular weight excluding hydrogens is 512 g/mol. The molecule has 0 saturated carbocycles. The Hall–Kier alpha value is -4.71. The monoisotopic (exact) mass is 546 g/mol. The topological polar surface area (TPSA) is 81.4 Å². The van der Waals surface area contributed by atoms with E-state index < -0.39 is 5.63 Å². The van der Waals surface area contributed by atoms with Gasteiger partial charge in [-0.05, 0) is 59.5 Å². The van der Waals surface area contributed by atoms with E-state index in [0.29, 0.717) is 46.0 Å². The summed E-state index contributed by atoms with van der Waals surface area (Å²) >= 11 is 0. The van der Waals surface area contributed by atoms with Gasteiger partial charge in [0.1, 0.15) is 5.76 Å². The number of benzene rings is 4. The van der Waals surface area contributed by atoms with Crippen molar-refractivity contribution in [3.05, 3.63) is 113 Å². The van der Waals surface area contributed by atoms with Crippen molar-refractivity contribution in [1.82, 2.24) is 4.98 Å². The van der Waals surface area contributed by atoms with Gasteiger partial charge in [-0.25, -0.2) is 9.78 Å². The number of carbonyl (C=O) groups is 1. The van der Waals surface area contributed by atoms with E-state index in [1.54, 1.807) is 36.4 Å². The standard InChI is InChI=1S/C35H34N2O4/c1-4-6-11-24(5-2)22-40-23(3)26-18-19-30-32(21-26)37-34(41-35(30)39)29-14-9-10-15-31(29)36-33(38)28-17-16-25-12-7-8-13-27(25)20-28/h7-10,12-21,24H,3-6,11,22H2,1-2H3,(H,36,38). The van der Waals surface area contributed by atoms with Gasteiger partial charge >= 0.3 is 5.63 Å². The summed E-state index contributed by atoms with van der Waals surface area (Å²) in [5, 5.41) is 5.35. The van der Waals surface area contributed by atoms with Crippen molar-refractivity contribution in [3.63, 3.8) is 0 Å². The third-order valence-corrected chi connectivity index (χ3v) is 7.40. The number of hydrogen-bond acceptors (Lipinski definition) is 5. The molecule has 6 nitrogen and oxygen atoms in total. The van der Waals surface area contributed by atoms with Crippen LogP contribution in [0.5, 0.6) is 0 Å². The third-order valence-electron chi connectivity index (χ3n) is 7.40. The van der Waals surface area contributed by atoms with Crippen LogP contribution >= 0.6 is 0 Å². The number of fused-ring (bicyclic) bond motifs is 2. The van der Waals surface area contributed by atoms with Crippen molar-refractivity contribution in [1.29, 1.82) is 0 Å². The summed E-state index contributed by atoms with van der Waals surface area (Å²) in [6.07, 6.45) is 4.51. The molecule has 0 saturated heterocycles. The van der Waals surface area contributed by atoms with Crippen LogP contribution in [0.1, 0.15) is 55.5 Å². The zero-order chi connectivity index (χ0) is 28.8. The Kier molecular flexibility index (Phi) is 8.59. The van der Waals surface area contributed by atoms with E-state index in [0.717, 1.165) is 35.6 Å². The summed E-state index contributed by atoms with van der Waals surface area (Å²) in [5.41, 5.74) is 2.22. The molecule has 0 bridgehead atoms. The van der Waals surface area contributed by atoms with Crippen molar-refractivity contribution in [2.75, 3.05) is 11.9 Å². The number of amides is 1. The molecule has 1 N–H and O–H groups in total. The van der Waals surface area contributed by atoms with Gasteiger partial charge in [0.25, 0.3) is 5.91 Å². The summed E-state index contributed by atoms with van der Waals surface area (Å²) in [6.45, 7) is 9.09. The van der Waals surface area contributed by atoms with E-state index in [-0.39, 0.29) is 11.8 Å². The summed E-state index contributed by atoms with van der Waals surface area (Å²) in [5.74, 6) is 0.865. The predicted molar refractivity (Wildman–Crippen MR) is 166 cm³/mol. The molecule has 0 radical (unpaired) electrons. The first-order chi connectivity index (χ1) is 20.0. The van der Waals surface area contributed by atoms with Crippen molar-refractivity contribution in [2.24, 2.45) is 5.92 Å². The molecule has 0 aliphatic heterocycles. The van der Waals surface area contributed by atoms with Crippen LogP contribution in [-0.4, -0.2) is 17.5 Å². The number of nitrogens with zero attached hydrogens (tertiary/aromatic N) is 1. The number of nitrogens with one attached hydrogen (secondary N) is 1. The van der Waals surface area contributed by atoms with Crippen LogP contribution in [0.25, 0.3) is 38.9 Å². The van der Waals surface area contributed by atoms with Gasteiger partial charge in [-0.3, -0.25) is 4.79 Å². The number of unbranched alkanes of at least 4 members (excludes halogenated alkanes) is 1. The summed E-state index contributed by atoms with van der Waals surface area (Å²) < 4.78 is 11.7. The highest BCUT2D eigenvalue weighted by atomic mass is 16.5. The van der Waals surface area contributed by atoms with Crippen molar-refractivity contribution in [3.8, 4) is 11.5 Å². The normalized spacial score (nSPS) is 11.9. The molecule has 0 fully saturated rings. The Bertz CT molecular complexity index is 1770.